The molecule has 6 heteroatoms. The molecule has 1 aliphatic heterocycles. The third kappa shape index (κ3) is 3.42. The fraction of sp³-hybridized carbons (Fsp3) is 0.500. The van der Waals surface area contributed by atoms with Crippen molar-refractivity contribution in [1.29, 1.82) is 0 Å². The number of amides is 1. The Hall–Kier alpha value is -1.59. The van der Waals surface area contributed by atoms with Crippen LogP contribution < -0.4 is 5.32 Å². The second kappa shape index (κ2) is 7.61. The Kier molecular flexibility index (Phi) is 5.80. The molecule has 1 aliphatic rings. The summed E-state index contributed by atoms with van der Waals surface area (Å²) in [6.45, 7) is 2.78. The van der Waals surface area contributed by atoms with E-state index >= 15 is 0 Å². The van der Waals surface area contributed by atoms with Gasteiger partial charge in [0.15, 0.2) is 0 Å². The van der Waals surface area contributed by atoms with Crippen molar-refractivity contribution in [3.05, 3.63) is 30.0 Å². The van der Waals surface area contributed by atoms with Crippen molar-refractivity contribution in [3.8, 4) is 0 Å². The molecule has 22 heavy (non-hydrogen) atoms. The van der Waals surface area contributed by atoms with Crippen LogP contribution in [0, 0.1) is 5.92 Å². The van der Waals surface area contributed by atoms with Crippen LogP contribution in [-0.2, 0) is 0 Å². The van der Waals surface area contributed by atoms with Gasteiger partial charge in [0.1, 0.15) is 0 Å². The van der Waals surface area contributed by atoms with E-state index in [-0.39, 0.29) is 18.3 Å². The molecule has 0 spiro atoms. The van der Waals surface area contributed by atoms with Crippen molar-refractivity contribution in [2.24, 2.45) is 5.92 Å². The lowest BCUT2D eigenvalue weighted by molar-refractivity contribution is 0.0689. The number of carbonyl (C=O) groups is 1. The van der Waals surface area contributed by atoms with Gasteiger partial charge in [0.25, 0.3) is 5.91 Å². The highest BCUT2D eigenvalue weighted by molar-refractivity contribution is 6.05. The maximum atomic E-state index is 12.7. The number of aromatic amines is 1. The summed E-state index contributed by atoms with van der Waals surface area (Å²) in [6, 6.07) is 5.78. The molecule has 1 saturated heterocycles. The molecule has 120 valence electrons. The average Bonchev–Trinajstić information content (AvgIpc) is 3.01. The van der Waals surface area contributed by atoms with Crippen LogP contribution in [0.15, 0.2) is 24.4 Å². The highest BCUT2D eigenvalue weighted by atomic mass is 35.5. The van der Waals surface area contributed by atoms with Crippen molar-refractivity contribution < 1.29 is 4.79 Å². The van der Waals surface area contributed by atoms with E-state index < -0.39 is 0 Å². The van der Waals surface area contributed by atoms with E-state index in [9.17, 15) is 4.79 Å². The molecule has 0 bridgehead atoms. The number of piperidine rings is 1. The lowest BCUT2D eigenvalue weighted by Gasteiger charge is -2.32. The number of H-pyrrole nitrogens is 1. The zero-order valence-electron chi connectivity index (χ0n) is 12.8. The number of rotatable bonds is 4. The zero-order valence-corrected chi connectivity index (χ0v) is 13.7. The van der Waals surface area contributed by atoms with E-state index in [4.69, 9.17) is 0 Å². The van der Waals surface area contributed by atoms with Gasteiger partial charge in [-0.15, -0.1) is 12.4 Å². The molecule has 3 rings (SSSR count). The summed E-state index contributed by atoms with van der Waals surface area (Å²) < 4.78 is 0. The first-order valence-corrected chi connectivity index (χ1v) is 7.65. The van der Waals surface area contributed by atoms with Gasteiger partial charge in [0.2, 0.25) is 0 Å². The Balaban J connectivity index is 0.00000176. The predicted molar refractivity (Wildman–Crippen MR) is 90.5 cm³/mol. The molecule has 0 unspecified atom stereocenters. The second-order valence-corrected chi connectivity index (χ2v) is 5.77. The average molecular weight is 323 g/mol. The standard InChI is InChI=1S/C16H22N4O.ClH/c1-17-8-5-12-6-9-20(10-7-12)16(21)14-4-2-3-13-11-18-19-15(13)14;/h2-4,11-12,17H,5-10H2,1H3,(H,18,19);1H. The fourth-order valence-electron chi connectivity index (χ4n) is 3.09. The Morgan fingerprint density at radius 3 is 2.91 bits per heavy atom. The smallest absolute Gasteiger partial charge is 0.256 e. The Labute approximate surface area is 136 Å². The van der Waals surface area contributed by atoms with Gasteiger partial charge in [-0.25, -0.2) is 0 Å². The maximum absolute atomic E-state index is 12.7. The largest absolute Gasteiger partial charge is 0.339 e. The monoisotopic (exact) mass is 322 g/mol. The highest BCUT2D eigenvalue weighted by Crippen LogP contribution is 2.23. The van der Waals surface area contributed by atoms with Crippen LogP contribution in [0.1, 0.15) is 29.6 Å². The molecule has 0 atom stereocenters. The first kappa shape index (κ1) is 16.8. The molecular formula is C16H23ClN4O. The van der Waals surface area contributed by atoms with Crippen LogP contribution in [0.3, 0.4) is 0 Å². The summed E-state index contributed by atoms with van der Waals surface area (Å²) in [5, 5.41) is 11.2. The quantitative estimate of drug-likeness (QED) is 0.909. The summed E-state index contributed by atoms with van der Waals surface area (Å²) >= 11 is 0. The molecule has 5 nitrogen and oxygen atoms in total. The lowest BCUT2D eigenvalue weighted by atomic mass is 9.93. The van der Waals surface area contributed by atoms with Gasteiger partial charge in [-0.1, -0.05) is 12.1 Å². The highest BCUT2D eigenvalue weighted by Gasteiger charge is 2.24. The maximum Gasteiger partial charge on any atom is 0.256 e. The zero-order chi connectivity index (χ0) is 14.7. The van der Waals surface area contributed by atoms with Gasteiger partial charge < -0.3 is 10.2 Å². The number of nitrogens with zero attached hydrogens (tertiary/aromatic N) is 2. The lowest BCUT2D eigenvalue weighted by Crippen LogP contribution is -2.39. The molecule has 1 aromatic carbocycles. The molecule has 2 N–H and O–H groups in total. The Morgan fingerprint density at radius 1 is 1.41 bits per heavy atom. The van der Waals surface area contributed by atoms with Crippen LogP contribution >= 0.6 is 12.4 Å². The van der Waals surface area contributed by atoms with E-state index in [1.54, 1.807) is 6.20 Å². The third-order valence-electron chi connectivity index (χ3n) is 4.41. The van der Waals surface area contributed by atoms with Crippen LogP contribution in [0.2, 0.25) is 0 Å². The second-order valence-electron chi connectivity index (χ2n) is 5.77. The van der Waals surface area contributed by atoms with E-state index in [0.717, 1.165) is 54.9 Å². The minimum Gasteiger partial charge on any atom is -0.339 e. The van der Waals surface area contributed by atoms with Crippen molar-refractivity contribution >= 4 is 29.2 Å². The minimum absolute atomic E-state index is 0. The Bertz CT molecular complexity index is 619. The number of carbonyl (C=O) groups excluding carboxylic acids is 1. The number of halogens is 1. The number of hydrogen-bond donors (Lipinski definition) is 2. The number of nitrogens with one attached hydrogen (secondary N) is 2. The summed E-state index contributed by atoms with van der Waals surface area (Å²) in [6.07, 6.45) is 5.17. The van der Waals surface area contributed by atoms with Crippen LogP contribution in [0.5, 0.6) is 0 Å². The predicted octanol–water partition coefficient (Wildman–Crippen LogP) is 2.45. The van der Waals surface area contributed by atoms with Crippen LogP contribution in [-0.4, -0.2) is 47.7 Å². The van der Waals surface area contributed by atoms with Crippen molar-refractivity contribution in [1.82, 2.24) is 20.4 Å². The van der Waals surface area contributed by atoms with E-state index in [1.165, 1.54) is 6.42 Å². The molecule has 0 radical (unpaired) electrons. The molecule has 2 aromatic rings. The van der Waals surface area contributed by atoms with Gasteiger partial charge in [0, 0.05) is 18.5 Å². The number of para-hydroxylation sites is 1. The normalized spacial score (nSPS) is 15.8. The number of aromatic nitrogens is 2. The van der Waals surface area contributed by atoms with Gasteiger partial charge >= 0.3 is 0 Å². The molecule has 0 aliphatic carbocycles. The van der Waals surface area contributed by atoms with E-state index in [1.807, 2.05) is 30.1 Å². The molecule has 2 heterocycles. The van der Waals surface area contributed by atoms with E-state index in [0.29, 0.717) is 0 Å². The third-order valence-corrected chi connectivity index (χ3v) is 4.41. The fourth-order valence-corrected chi connectivity index (χ4v) is 3.09. The van der Waals surface area contributed by atoms with Crippen LogP contribution in [0.25, 0.3) is 10.9 Å². The molecule has 0 saturated carbocycles. The van der Waals surface area contributed by atoms with Crippen LogP contribution in [0.4, 0.5) is 0 Å². The first-order valence-electron chi connectivity index (χ1n) is 7.65. The number of hydrogen-bond acceptors (Lipinski definition) is 3. The van der Waals surface area contributed by atoms with Gasteiger partial charge in [0.05, 0.1) is 17.3 Å². The first-order chi connectivity index (χ1) is 10.3. The number of benzene rings is 1. The van der Waals surface area contributed by atoms with Crippen molar-refractivity contribution in [3.63, 3.8) is 0 Å². The summed E-state index contributed by atoms with van der Waals surface area (Å²) in [7, 11) is 1.99. The van der Waals surface area contributed by atoms with E-state index in [2.05, 4.69) is 15.5 Å². The Morgan fingerprint density at radius 2 is 2.18 bits per heavy atom. The molecule has 1 aromatic heterocycles. The number of likely N-dealkylation sites (tertiary alicyclic amines) is 1. The SMILES string of the molecule is CNCCC1CCN(C(=O)c2cccc3cn[nH]c23)CC1.Cl. The van der Waals surface area contributed by atoms with Gasteiger partial charge in [-0.2, -0.15) is 5.10 Å². The topological polar surface area (TPSA) is 61.0 Å². The number of fused-ring (bicyclic) bond motifs is 1. The minimum atomic E-state index is 0. The molecule has 1 fully saturated rings. The summed E-state index contributed by atoms with van der Waals surface area (Å²) in [5.74, 6) is 0.862. The summed E-state index contributed by atoms with van der Waals surface area (Å²) in [4.78, 5) is 14.7. The summed E-state index contributed by atoms with van der Waals surface area (Å²) in [5.41, 5.74) is 1.58. The molecular weight excluding hydrogens is 300 g/mol. The van der Waals surface area contributed by atoms with Crippen molar-refractivity contribution in [2.75, 3.05) is 26.7 Å². The van der Waals surface area contributed by atoms with Gasteiger partial charge in [-0.3, -0.25) is 9.89 Å². The van der Waals surface area contributed by atoms with Crippen molar-refractivity contribution in [2.45, 2.75) is 19.3 Å². The molecule has 1 amide bonds. The van der Waals surface area contributed by atoms with Gasteiger partial charge in [-0.05, 0) is 44.8 Å².